The fourth-order valence-corrected chi connectivity index (χ4v) is 6.06. The Labute approximate surface area is 190 Å². The molecule has 0 saturated carbocycles. The van der Waals surface area contributed by atoms with Crippen LogP contribution in [-0.2, 0) is 12.8 Å². The second-order valence-corrected chi connectivity index (χ2v) is 10.7. The lowest BCUT2D eigenvalue weighted by Crippen LogP contribution is -2.43. The molecule has 2 atom stereocenters. The van der Waals surface area contributed by atoms with E-state index in [4.69, 9.17) is 5.73 Å². The van der Waals surface area contributed by atoms with Gasteiger partial charge in [0.2, 0.25) is 0 Å². The molecule has 1 aliphatic carbocycles. The first kappa shape index (κ1) is 21.3. The van der Waals surface area contributed by atoms with E-state index in [-0.39, 0.29) is 11.2 Å². The molecule has 6 heteroatoms. The Hall–Kier alpha value is -2.60. The van der Waals surface area contributed by atoms with Crippen molar-refractivity contribution in [2.24, 2.45) is 11.1 Å². The minimum Gasteiger partial charge on any atom is -0.380 e. The number of aromatic nitrogens is 1. The molecule has 4 bridgehead atoms. The van der Waals surface area contributed by atoms with Gasteiger partial charge in [0, 0.05) is 47.3 Å². The van der Waals surface area contributed by atoms with Crippen LogP contribution in [0.3, 0.4) is 0 Å². The van der Waals surface area contributed by atoms with Gasteiger partial charge in [-0.05, 0) is 81.3 Å². The van der Waals surface area contributed by atoms with Crippen molar-refractivity contribution in [1.29, 1.82) is 0 Å². The number of nitrogens with two attached hydrogens (primary N) is 1. The predicted octanol–water partition coefficient (Wildman–Crippen LogP) is 3.86. The zero-order valence-corrected chi connectivity index (χ0v) is 19.5. The number of carbonyl (C=O) groups excluding carboxylic acids is 2. The van der Waals surface area contributed by atoms with E-state index in [2.05, 4.69) is 41.6 Å². The lowest BCUT2D eigenvalue weighted by Gasteiger charge is -2.34. The van der Waals surface area contributed by atoms with Crippen molar-refractivity contribution in [3.63, 3.8) is 0 Å². The highest BCUT2D eigenvalue weighted by Gasteiger charge is 2.37. The molecular weight excluding hydrogens is 400 g/mol. The number of nitrogens with one attached hydrogen (secondary N) is 1. The summed E-state index contributed by atoms with van der Waals surface area (Å²) in [7, 11) is 0. The molecule has 2 aromatic rings. The van der Waals surface area contributed by atoms with Crippen LogP contribution < -0.4 is 11.1 Å². The number of anilines is 1. The summed E-state index contributed by atoms with van der Waals surface area (Å²) in [5.74, 6) is -0.161. The molecule has 1 aromatic heterocycles. The smallest absolute Gasteiger partial charge is 0.250 e. The third-order valence-electron chi connectivity index (χ3n) is 7.48. The molecule has 0 radical (unpaired) electrons. The summed E-state index contributed by atoms with van der Waals surface area (Å²) in [6.07, 6.45) is 5.70. The number of Topliss-reactive ketones (excluding diaryl/α,β-unsaturated/α-hetero) is 1. The van der Waals surface area contributed by atoms with Crippen LogP contribution in [0.15, 0.2) is 18.2 Å². The first-order chi connectivity index (χ1) is 15.2. The van der Waals surface area contributed by atoms with Crippen molar-refractivity contribution in [3.8, 4) is 5.69 Å². The number of fused-ring (bicyclic) bond motifs is 8. The van der Waals surface area contributed by atoms with Crippen LogP contribution in [0.5, 0.6) is 0 Å². The van der Waals surface area contributed by atoms with Crippen LogP contribution in [0.2, 0.25) is 0 Å². The van der Waals surface area contributed by atoms with Crippen LogP contribution in [0, 0.1) is 12.3 Å². The highest BCUT2D eigenvalue weighted by molar-refractivity contribution is 6.01. The second kappa shape index (κ2) is 7.77. The predicted molar refractivity (Wildman–Crippen MR) is 127 cm³/mol. The molecule has 1 unspecified atom stereocenters. The molecule has 170 valence electrons. The second-order valence-electron chi connectivity index (χ2n) is 10.7. The van der Waals surface area contributed by atoms with E-state index in [1.807, 2.05) is 12.1 Å². The minimum absolute atomic E-state index is 0.0632. The quantitative estimate of drug-likeness (QED) is 0.714. The van der Waals surface area contributed by atoms with Crippen molar-refractivity contribution in [1.82, 2.24) is 9.47 Å². The number of rotatable bonds is 1. The summed E-state index contributed by atoms with van der Waals surface area (Å²) in [5, 5.41) is 3.64. The number of carbonyl (C=O) groups is 2. The van der Waals surface area contributed by atoms with Crippen LogP contribution in [0.1, 0.15) is 77.2 Å². The number of primary amides is 1. The van der Waals surface area contributed by atoms with E-state index in [0.717, 1.165) is 79.9 Å². The minimum atomic E-state index is -0.416. The Morgan fingerprint density at radius 3 is 2.72 bits per heavy atom. The molecule has 1 amide bonds. The lowest BCUT2D eigenvalue weighted by atomic mass is 9.75. The summed E-state index contributed by atoms with van der Waals surface area (Å²) in [6, 6.07) is 6.19. The number of ketones is 1. The summed E-state index contributed by atoms with van der Waals surface area (Å²) >= 11 is 0. The van der Waals surface area contributed by atoms with Crippen molar-refractivity contribution in [3.05, 3.63) is 46.3 Å². The fraction of sp³-hybridized carbons (Fsp3) is 0.538. The number of piperidine rings is 1. The van der Waals surface area contributed by atoms with Gasteiger partial charge in [-0.1, -0.05) is 13.8 Å². The van der Waals surface area contributed by atoms with E-state index in [9.17, 15) is 9.59 Å². The van der Waals surface area contributed by atoms with Crippen molar-refractivity contribution < 1.29 is 9.59 Å². The molecule has 3 heterocycles. The molecule has 1 fully saturated rings. The number of nitrogens with zero attached hydrogens (tertiary/aromatic N) is 2. The van der Waals surface area contributed by atoms with Crippen LogP contribution in [-0.4, -0.2) is 46.8 Å². The molecule has 2 aliphatic heterocycles. The molecule has 3 aliphatic rings. The van der Waals surface area contributed by atoms with E-state index in [1.165, 1.54) is 5.69 Å². The van der Waals surface area contributed by atoms with E-state index in [0.29, 0.717) is 18.0 Å². The van der Waals surface area contributed by atoms with E-state index >= 15 is 0 Å². The maximum atomic E-state index is 13.2. The zero-order valence-electron chi connectivity index (χ0n) is 19.5. The van der Waals surface area contributed by atoms with Crippen molar-refractivity contribution in [2.45, 2.75) is 65.3 Å². The SMILES string of the molecule is Cc1c2c(n3c1CCCN1CCC[C@@H](C1)Nc1cc-3ccc1C(N)=O)CC(C)(C)CC2=O. The average Bonchev–Trinajstić information content (AvgIpc) is 2.98. The topological polar surface area (TPSA) is 80.4 Å². The highest BCUT2D eigenvalue weighted by atomic mass is 16.1. The molecule has 3 N–H and O–H groups in total. The summed E-state index contributed by atoms with van der Waals surface area (Å²) in [6.45, 7) is 9.60. The normalized spacial score (nSPS) is 24.4. The van der Waals surface area contributed by atoms with Gasteiger partial charge in [0.1, 0.15) is 0 Å². The van der Waals surface area contributed by atoms with E-state index < -0.39 is 5.91 Å². The summed E-state index contributed by atoms with van der Waals surface area (Å²) in [5.41, 5.74) is 12.4. The van der Waals surface area contributed by atoms with E-state index in [1.54, 1.807) is 0 Å². The Kier molecular flexibility index (Phi) is 5.16. The van der Waals surface area contributed by atoms with Gasteiger partial charge in [-0.15, -0.1) is 0 Å². The number of benzene rings is 1. The maximum Gasteiger partial charge on any atom is 0.250 e. The van der Waals surface area contributed by atoms with Crippen molar-refractivity contribution in [2.75, 3.05) is 25.0 Å². The monoisotopic (exact) mass is 434 g/mol. The summed E-state index contributed by atoms with van der Waals surface area (Å²) < 4.78 is 2.31. The van der Waals surface area contributed by atoms with Gasteiger partial charge in [-0.3, -0.25) is 9.59 Å². The van der Waals surface area contributed by atoms with Crippen LogP contribution in [0.4, 0.5) is 5.69 Å². The Balaban J connectivity index is 1.72. The fourth-order valence-electron chi connectivity index (χ4n) is 6.06. The van der Waals surface area contributed by atoms with Crippen molar-refractivity contribution >= 4 is 17.4 Å². The highest BCUT2D eigenvalue weighted by Crippen LogP contribution is 2.41. The lowest BCUT2D eigenvalue weighted by molar-refractivity contribution is 0.0909. The Morgan fingerprint density at radius 2 is 1.94 bits per heavy atom. The number of amides is 1. The van der Waals surface area contributed by atoms with Gasteiger partial charge in [0.05, 0.1) is 5.56 Å². The van der Waals surface area contributed by atoms with Gasteiger partial charge in [0.25, 0.3) is 5.91 Å². The Morgan fingerprint density at radius 1 is 1.16 bits per heavy atom. The molecule has 1 aromatic carbocycles. The maximum absolute atomic E-state index is 13.2. The molecule has 32 heavy (non-hydrogen) atoms. The summed E-state index contributed by atoms with van der Waals surface area (Å²) in [4.78, 5) is 27.9. The standard InChI is InChI=1S/C26H34N4O2/c1-16-21-7-5-11-29-10-4-6-17(15-29)28-20-12-18(8-9-19(20)25(27)32)30(21)22-13-26(2,3)14-23(31)24(16)22/h8-9,12,17,28H,4-7,10-11,13-15H2,1-3H3,(H2,27,32)/t17-/m0/s1. The van der Waals surface area contributed by atoms with Crippen LogP contribution in [0.25, 0.3) is 5.69 Å². The van der Waals surface area contributed by atoms with Gasteiger partial charge in [-0.25, -0.2) is 0 Å². The molecule has 1 saturated heterocycles. The largest absolute Gasteiger partial charge is 0.380 e. The molecular formula is C26H34N4O2. The number of hydrogen-bond acceptors (Lipinski definition) is 4. The third kappa shape index (κ3) is 3.64. The molecule has 0 spiro atoms. The molecule has 6 nitrogen and oxygen atoms in total. The Bertz CT molecular complexity index is 1100. The van der Waals surface area contributed by atoms with Gasteiger partial charge in [0.15, 0.2) is 5.78 Å². The molecule has 5 rings (SSSR count). The van der Waals surface area contributed by atoms with Gasteiger partial charge >= 0.3 is 0 Å². The number of hydrogen-bond donors (Lipinski definition) is 2. The van der Waals surface area contributed by atoms with Gasteiger partial charge in [-0.2, -0.15) is 0 Å². The first-order valence-corrected chi connectivity index (χ1v) is 11.9. The zero-order chi connectivity index (χ0) is 22.6. The van der Waals surface area contributed by atoms with Gasteiger partial charge < -0.3 is 20.5 Å². The first-order valence-electron chi connectivity index (χ1n) is 11.9. The third-order valence-corrected chi connectivity index (χ3v) is 7.48. The van der Waals surface area contributed by atoms with Crippen LogP contribution >= 0.6 is 0 Å². The average molecular weight is 435 g/mol.